The summed E-state index contributed by atoms with van der Waals surface area (Å²) in [5, 5.41) is 8.70. The van der Waals surface area contributed by atoms with E-state index in [0.29, 0.717) is 12.1 Å². The van der Waals surface area contributed by atoms with Crippen LogP contribution in [0.4, 0.5) is 22.0 Å². The molecule has 0 amide bonds. The van der Waals surface area contributed by atoms with E-state index in [4.69, 9.17) is 5.26 Å². The molecule has 4 nitrogen and oxygen atoms in total. The van der Waals surface area contributed by atoms with Gasteiger partial charge in [-0.3, -0.25) is 0 Å². The van der Waals surface area contributed by atoms with Crippen LogP contribution in [0.1, 0.15) is 34.8 Å². The predicted molar refractivity (Wildman–Crippen MR) is 58.8 cm³/mol. The highest BCUT2D eigenvalue weighted by molar-refractivity contribution is 5.92. The number of benzene rings is 1. The third-order valence-corrected chi connectivity index (χ3v) is 2.23. The van der Waals surface area contributed by atoms with Crippen molar-refractivity contribution in [2.75, 3.05) is 6.61 Å². The second-order valence-electron chi connectivity index (χ2n) is 3.62. The van der Waals surface area contributed by atoms with Gasteiger partial charge < -0.3 is 9.47 Å². The summed E-state index contributed by atoms with van der Waals surface area (Å²) >= 11 is 0. The molecule has 0 aliphatic carbocycles. The molecule has 0 saturated carbocycles. The van der Waals surface area contributed by atoms with Crippen LogP contribution in [-0.2, 0) is 4.74 Å². The fourth-order valence-electron chi connectivity index (χ4n) is 1.46. The highest BCUT2D eigenvalue weighted by Gasteiger charge is 2.33. The average Bonchev–Trinajstić information content (AvgIpc) is 2.36. The summed E-state index contributed by atoms with van der Waals surface area (Å²) in [6.07, 6.45) is -8.31. The molecule has 0 aliphatic heterocycles. The van der Waals surface area contributed by atoms with Crippen LogP contribution in [-0.4, -0.2) is 18.9 Å². The Morgan fingerprint density at radius 1 is 1.38 bits per heavy atom. The van der Waals surface area contributed by atoms with Crippen LogP contribution in [0.3, 0.4) is 0 Å². The van der Waals surface area contributed by atoms with E-state index in [2.05, 4.69) is 9.47 Å². The Kier molecular flexibility index (Phi) is 5.07. The van der Waals surface area contributed by atoms with Gasteiger partial charge in [-0.1, -0.05) is 0 Å². The van der Waals surface area contributed by atoms with E-state index in [1.807, 2.05) is 0 Å². The number of halogens is 5. The zero-order chi connectivity index (χ0) is 16.2. The summed E-state index contributed by atoms with van der Waals surface area (Å²) in [7, 11) is 0. The first-order chi connectivity index (χ1) is 9.69. The van der Waals surface area contributed by atoms with Gasteiger partial charge in [0, 0.05) is 5.56 Å². The number of carbonyl (C=O) groups is 1. The minimum absolute atomic E-state index is 0.156. The Labute approximate surface area is 115 Å². The number of alkyl halides is 5. The molecule has 0 N–H and O–H groups in total. The van der Waals surface area contributed by atoms with Gasteiger partial charge in [0.1, 0.15) is 11.8 Å². The van der Waals surface area contributed by atoms with Gasteiger partial charge in [0.15, 0.2) is 0 Å². The summed E-state index contributed by atoms with van der Waals surface area (Å²) in [5.41, 5.74) is -2.46. The molecule has 0 heterocycles. The number of carbonyl (C=O) groups excluding carboxylic acids is 1. The van der Waals surface area contributed by atoms with Gasteiger partial charge in [0.2, 0.25) is 0 Å². The van der Waals surface area contributed by atoms with Gasteiger partial charge in [-0.05, 0) is 19.1 Å². The number of hydrogen-bond acceptors (Lipinski definition) is 4. The fraction of sp³-hybridized carbons (Fsp3) is 0.333. The zero-order valence-corrected chi connectivity index (χ0v) is 10.5. The number of esters is 1. The second-order valence-corrected chi connectivity index (χ2v) is 3.62. The van der Waals surface area contributed by atoms with Gasteiger partial charge in [0.05, 0.1) is 17.7 Å². The number of ether oxygens (including phenoxy) is 2. The standard InChI is InChI=1S/C12H8F5NO3/c1-2-20-11(19)8-4-9(21-12(15,16)17)6(5-18)3-7(8)10(13)14/h3-4,10H,2H2,1H3. The summed E-state index contributed by atoms with van der Waals surface area (Å²) in [4.78, 5) is 11.5. The number of hydrogen-bond donors (Lipinski definition) is 0. The lowest BCUT2D eigenvalue weighted by Gasteiger charge is -2.14. The number of nitrogens with zero attached hydrogens (tertiary/aromatic N) is 1. The first kappa shape index (κ1) is 16.7. The highest BCUT2D eigenvalue weighted by atomic mass is 19.4. The quantitative estimate of drug-likeness (QED) is 0.630. The molecule has 0 unspecified atom stereocenters. The van der Waals surface area contributed by atoms with E-state index >= 15 is 0 Å². The molecule has 0 fully saturated rings. The maximum Gasteiger partial charge on any atom is 0.573 e. The number of nitriles is 1. The van der Waals surface area contributed by atoms with Crippen molar-refractivity contribution < 1.29 is 36.2 Å². The Bertz CT molecular complexity index is 577. The van der Waals surface area contributed by atoms with E-state index in [1.54, 1.807) is 0 Å². The first-order valence-electron chi connectivity index (χ1n) is 5.48. The van der Waals surface area contributed by atoms with Gasteiger partial charge in [0.25, 0.3) is 6.43 Å². The maximum atomic E-state index is 12.8. The van der Waals surface area contributed by atoms with Crippen molar-refractivity contribution in [3.8, 4) is 11.8 Å². The van der Waals surface area contributed by atoms with Gasteiger partial charge in [-0.2, -0.15) is 5.26 Å². The van der Waals surface area contributed by atoms with Crippen molar-refractivity contribution in [3.63, 3.8) is 0 Å². The molecule has 9 heteroatoms. The molecule has 0 atom stereocenters. The largest absolute Gasteiger partial charge is 0.573 e. The molecule has 1 aromatic rings. The molecular formula is C12H8F5NO3. The third-order valence-electron chi connectivity index (χ3n) is 2.23. The van der Waals surface area contributed by atoms with Crippen LogP contribution in [0.2, 0.25) is 0 Å². The van der Waals surface area contributed by atoms with E-state index in [1.165, 1.54) is 13.0 Å². The van der Waals surface area contributed by atoms with Crippen molar-refractivity contribution in [2.24, 2.45) is 0 Å². The average molecular weight is 309 g/mol. The lowest BCUT2D eigenvalue weighted by molar-refractivity contribution is -0.274. The molecular weight excluding hydrogens is 301 g/mol. The summed E-state index contributed by atoms with van der Waals surface area (Å²) < 4.78 is 70.3. The molecule has 0 radical (unpaired) electrons. The third kappa shape index (κ3) is 4.30. The fourth-order valence-corrected chi connectivity index (χ4v) is 1.46. The number of rotatable bonds is 4. The molecule has 0 saturated heterocycles. The van der Waals surface area contributed by atoms with Crippen molar-refractivity contribution in [2.45, 2.75) is 19.7 Å². The van der Waals surface area contributed by atoms with E-state index in [9.17, 15) is 26.7 Å². The van der Waals surface area contributed by atoms with Gasteiger partial charge >= 0.3 is 12.3 Å². The topological polar surface area (TPSA) is 59.3 Å². The SMILES string of the molecule is CCOC(=O)c1cc(OC(F)(F)F)c(C#N)cc1C(F)F. The van der Waals surface area contributed by atoms with Crippen molar-refractivity contribution >= 4 is 5.97 Å². The molecule has 0 bridgehead atoms. The molecule has 0 spiro atoms. The lowest BCUT2D eigenvalue weighted by Crippen LogP contribution is -2.19. The lowest BCUT2D eigenvalue weighted by atomic mass is 10.0. The summed E-state index contributed by atoms with van der Waals surface area (Å²) in [5.74, 6) is -2.28. The Morgan fingerprint density at radius 3 is 2.43 bits per heavy atom. The molecule has 0 aromatic heterocycles. The normalized spacial score (nSPS) is 11.1. The van der Waals surface area contributed by atoms with Gasteiger partial charge in [-0.25, -0.2) is 13.6 Å². The summed E-state index contributed by atoms with van der Waals surface area (Å²) in [6.45, 7) is 1.24. The second kappa shape index (κ2) is 6.39. The molecule has 21 heavy (non-hydrogen) atoms. The Balaban J connectivity index is 3.43. The molecule has 0 aliphatic rings. The van der Waals surface area contributed by atoms with E-state index in [-0.39, 0.29) is 6.61 Å². The highest BCUT2D eigenvalue weighted by Crippen LogP contribution is 2.33. The van der Waals surface area contributed by atoms with Crippen LogP contribution in [0.25, 0.3) is 0 Å². The van der Waals surface area contributed by atoms with Crippen molar-refractivity contribution in [1.29, 1.82) is 5.26 Å². The minimum Gasteiger partial charge on any atom is -0.462 e. The monoisotopic (exact) mass is 309 g/mol. The maximum absolute atomic E-state index is 12.8. The van der Waals surface area contributed by atoms with Crippen LogP contribution >= 0.6 is 0 Å². The molecule has 1 rings (SSSR count). The van der Waals surface area contributed by atoms with Crippen LogP contribution in [0.15, 0.2) is 12.1 Å². The smallest absolute Gasteiger partial charge is 0.462 e. The summed E-state index contributed by atoms with van der Waals surface area (Å²) in [6, 6.07) is 2.19. The van der Waals surface area contributed by atoms with E-state index < -0.39 is 41.2 Å². The van der Waals surface area contributed by atoms with Crippen molar-refractivity contribution in [3.05, 3.63) is 28.8 Å². The predicted octanol–water partition coefficient (Wildman–Crippen LogP) is 3.57. The molecule has 1 aromatic carbocycles. The van der Waals surface area contributed by atoms with Gasteiger partial charge in [-0.15, -0.1) is 13.2 Å². The van der Waals surface area contributed by atoms with Crippen LogP contribution in [0, 0.1) is 11.3 Å². The van der Waals surface area contributed by atoms with Crippen LogP contribution in [0.5, 0.6) is 5.75 Å². The van der Waals surface area contributed by atoms with Crippen LogP contribution < -0.4 is 4.74 Å². The minimum atomic E-state index is -5.14. The van der Waals surface area contributed by atoms with Crippen molar-refractivity contribution in [1.82, 2.24) is 0 Å². The van der Waals surface area contributed by atoms with E-state index in [0.717, 1.165) is 0 Å². The zero-order valence-electron chi connectivity index (χ0n) is 10.5. The first-order valence-corrected chi connectivity index (χ1v) is 5.48. The Morgan fingerprint density at radius 2 is 2.00 bits per heavy atom. The Hall–Kier alpha value is -2.37. The molecule has 114 valence electrons.